The highest BCUT2D eigenvalue weighted by Crippen LogP contribution is 2.19. The molecule has 0 radical (unpaired) electrons. The first kappa shape index (κ1) is 13.8. The summed E-state index contributed by atoms with van der Waals surface area (Å²) in [5.41, 5.74) is 1.36. The van der Waals surface area contributed by atoms with Crippen molar-refractivity contribution in [3.8, 4) is 0 Å². The SMILES string of the molecule is CC(Nc1ccnc(C(=O)N(C)C)c1)C1CCCO1. The highest BCUT2D eigenvalue weighted by Gasteiger charge is 2.22. The monoisotopic (exact) mass is 263 g/mol. The molecular weight excluding hydrogens is 242 g/mol. The lowest BCUT2D eigenvalue weighted by atomic mass is 10.1. The number of nitrogens with one attached hydrogen (secondary N) is 1. The van der Waals surface area contributed by atoms with Gasteiger partial charge in [0.2, 0.25) is 0 Å². The Morgan fingerprint density at radius 3 is 3.00 bits per heavy atom. The Kier molecular flexibility index (Phi) is 4.37. The topological polar surface area (TPSA) is 54.5 Å². The third-order valence-corrected chi connectivity index (χ3v) is 3.30. The fourth-order valence-electron chi connectivity index (χ4n) is 2.22. The van der Waals surface area contributed by atoms with Gasteiger partial charge in [0.05, 0.1) is 6.10 Å². The fourth-order valence-corrected chi connectivity index (χ4v) is 2.22. The molecule has 2 atom stereocenters. The van der Waals surface area contributed by atoms with Crippen LogP contribution in [0, 0.1) is 0 Å². The van der Waals surface area contributed by atoms with Gasteiger partial charge in [0, 0.05) is 38.6 Å². The molecule has 1 aliphatic heterocycles. The predicted molar refractivity (Wildman–Crippen MR) is 74.3 cm³/mol. The van der Waals surface area contributed by atoms with Crippen molar-refractivity contribution >= 4 is 11.6 Å². The number of carbonyl (C=O) groups is 1. The van der Waals surface area contributed by atoms with E-state index in [-0.39, 0.29) is 18.1 Å². The van der Waals surface area contributed by atoms with E-state index in [0.29, 0.717) is 5.69 Å². The van der Waals surface area contributed by atoms with Crippen LogP contribution >= 0.6 is 0 Å². The van der Waals surface area contributed by atoms with E-state index in [4.69, 9.17) is 4.74 Å². The Morgan fingerprint density at radius 1 is 1.58 bits per heavy atom. The molecule has 104 valence electrons. The number of ether oxygens (including phenoxy) is 1. The van der Waals surface area contributed by atoms with Gasteiger partial charge >= 0.3 is 0 Å². The zero-order valence-corrected chi connectivity index (χ0v) is 11.7. The molecule has 5 heteroatoms. The number of amides is 1. The zero-order valence-electron chi connectivity index (χ0n) is 11.7. The lowest BCUT2D eigenvalue weighted by Crippen LogP contribution is -2.30. The van der Waals surface area contributed by atoms with Crippen molar-refractivity contribution in [1.82, 2.24) is 9.88 Å². The van der Waals surface area contributed by atoms with Crippen LogP contribution in [-0.2, 0) is 4.74 Å². The van der Waals surface area contributed by atoms with E-state index < -0.39 is 0 Å². The quantitative estimate of drug-likeness (QED) is 0.899. The number of nitrogens with zero attached hydrogens (tertiary/aromatic N) is 2. The van der Waals surface area contributed by atoms with Crippen LogP contribution in [0.1, 0.15) is 30.3 Å². The van der Waals surface area contributed by atoms with Crippen LogP contribution in [0.2, 0.25) is 0 Å². The molecular formula is C14H21N3O2. The summed E-state index contributed by atoms with van der Waals surface area (Å²) in [5, 5.41) is 3.38. The highest BCUT2D eigenvalue weighted by molar-refractivity contribution is 5.92. The van der Waals surface area contributed by atoms with Gasteiger partial charge in [0.25, 0.3) is 5.91 Å². The minimum absolute atomic E-state index is 0.0894. The van der Waals surface area contributed by atoms with Crippen molar-refractivity contribution in [3.63, 3.8) is 0 Å². The maximum atomic E-state index is 11.8. The van der Waals surface area contributed by atoms with Crippen LogP contribution in [0.25, 0.3) is 0 Å². The van der Waals surface area contributed by atoms with E-state index in [1.165, 1.54) is 4.90 Å². The second-order valence-corrected chi connectivity index (χ2v) is 5.11. The maximum Gasteiger partial charge on any atom is 0.272 e. The minimum atomic E-state index is -0.0894. The van der Waals surface area contributed by atoms with Gasteiger partial charge in [-0.3, -0.25) is 9.78 Å². The molecule has 1 saturated heterocycles. The Morgan fingerprint density at radius 2 is 2.37 bits per heavy atom. The van der Waals surface area contributed by atoms with Gasteiger partial charge in [-0.05, 0) is 31.9 Å². The largest absolute Gasteiger partial charge is 0.380 e. The molecule has 1 aromatic heterocycles. The van der Waals surface area contributed by atoms with Crippen molar-refractivity contribution in [3.05, 3.63) is 24.0 Å². The summed E-state index contributed by atoms with van der Waals surface area (Å²) >= 11 is 0. The van der Waals surface area contributed by atoms with Crippen molar-refractivity contribution < 1.29 is 9.53 Å². The van der Waals surface area contributed by atoms with E-state index in [1.54, 1.807) is 26.4 Å². The van der Waals surface area contributed by atoms with Crippen molar-refractivity contribution in [1.29, 1.82) is 0 Å². The van der Waals surface area contributed by atoms with Gasteiger partial charge in [-0.1, -0.05) is 0 Å². The molecule has 1 aliphatic rings. The average molecular weight is 263 g/mol. The second kappa shape index (κ2) is 6.02. The molecule has 5 nitrogen and oxygen atoms in total. The Labute approximate surface area is 114 Å². The van der Waals surface area contributed by atoms with E-state index in [0.717, 1.165) is 25.1 Å². The number of hydrogen-bond donors (Lipinski definition) is 1. The van der Waals surface area contributed by atoms with Gasteiger partial charge in [-0.25, -0.2) is 0 Å². The minimum Gasteiger partial charge on any atom is -0.380 e. The van der Waals surface area contributed by atoms with Gasteiger partial charge in [-0.15, -0.1) is 0 Å². The molecule has 0 aliphatic carbocycles. The van der Waals surface area contributed by atoms with Gasteiger partial charge < -0.3 is 15.0 Å². The summed E-state index contributed by atoms with van der Waals surface area (Å²) in [6, 6.07) is 3.89. The second-order valence-electron chi connectivity index (χ2n) is 5.11. The van der Waals surface area contributed by atoms with Gasteiger partial charge in [0.15, 0.2) is 0 Å². The summed E-state index contributed by atoms with van der Waals surface area (Å²) in [6.07, 6.45) is 4.11. The molecule has 1 aromatic rings. The fraction of sp³-hybridized carbons (Fsp3) is 0.571. The number of aromatic nitrogens is 1. The van der Waals surface area contributed by atoms with Crippen LogP contribution in [0.5, 0.6) is 0 Å². The molecule has 0 bridgehead atoms. The summed E-state index contributed by atoms with van der Waals surface area (Å²) in [7, 11) is 3.44. The first-order valence-corrected chi connectivity index (χ1v) is 6.64. The summed E-state index contributed by atoms with van der Waals surface area (Å²) in [4.78, 5) is 17.5. The Balaban J connectivity index is 2.04. The van der Waals surface area contributed by atoms with Crippen molar-refractivity contribution in [2.24, 2.45) is 0 Å². The number of anilines is 1. The molecule has 1 fully saturated rings. The molecule has 2 heterocycles. The van der Waals surface area contributed by atoms with E-state index in [9.17, 15) is 4.79 Å². The lowest BCUT2D eigenvalue weighted by molar-refractivity contribution is 0.0822. The number of hydrogen-bond acceptors (Lipinski definition) is 4. The van der Waals surface area contributed by atoms with Crippen LogP contribution < -0.4 is 5.32 Å². The van der Waals surface area contributed by atoms with E-state index in [2.05, 4.69) is 17.2 Å². The molecule has 2 unspecified atom stereocenters. The van der Waals surface area contributed by atoms with Crippen LogP contribution in [0.3, 0.4) is 0 Å². The Hall–Kier alpha value is -1.62. The van der Waals surface area contributed by atoms with Crippen LogP contribution in [-0.4, -0.2) is 48.6 Å². The average Bonchev–Trinajstić information content (AvgIpc) is 2.92. The summed E-state index contributed by atoms with van der Waals surface area (Å²) in [5.74, 6) is -0.0894. The molecule has 19 heavy (non-hydrogen) atoms. The Bertz CT molecular complexity index is 442. The maximum absolute atomic E-state index is 11.8. The standard InChI is InChI=1S/C14H21N3O2/c1-10(13-5-4-8-19-13)16-11-6-7-15-12(9-11)14(18)17(2)3/h6-7,9-10,13H,4-5,8H2,1-3H3,(H,15,16). The molecule has 0 saturated carbocycles. The summed E-state index contributed by atoms with van der Waals surface area (Å²) in [6.45, 7) is 2.95. The van der Waals surface area contributed by atoms with E-state index >= 15 is 0 Å². The molecule has 1 amide bonds. The van der Waals surface area contributed by atoms with Gasteiger partial charge in [0.1, 0.15) is 5.69 Å². The van der Waals surface area contributed by atoms with Crippen LogP contribution in [0.15, 0.2) is 18.3 Å². The molecule has 2 rings (SSSR count). The normalized spacial score (nSPS) is 20.1. The predicted octanol–water partition coefficient (Wildman–Crippen LogP) is 1.76. The zero-order chi connectivity index (χ0) is 13.8. The molecule has 1 N–H and O–H groups in total. The highest BCUT2D eigenvalue weighted by atomic mass is 16.5. The molecule has 0 spiro atoms. The summed E-state index contributed by atoms with van der Waals surface area (Å²) < 4.78 is 5.65. The van der Waals surface area contributed by atoms with Crippen molar-refractivity contribution in [2.75, 3.05) is 26.0 Å². The first-order chi connectivity index (χ1) is 9.08. The lowest BCUT2D eigenvalue weighted by Gasteiger charge is -2.21. The van der Waals surface area contributed by atoms with E-state index in [1.807, 2.05) is 6.07 Å². The molecule has 0 aromatic carbocycles. The van der Waals surface area contributed by atoms with Crippen molar-refractivity contribution in [2.45, 2.75) is 31.9 Å². The smallest absolute Gasteiger partial charge is 0.272 e. The number of rotatable bonds is 4. The van der Waals surface area contributed by atoms with Crippen LogP contribution in [0.4, 0.5) is 5.69 Å². The number of carbonyl (C=O) groups excluding carboxylic acids is 1. The third-order valence-electron chi connectivity index (χ3n) is 3.30. The first-order valence-electron chi connectivity index (χ1n) is 6.64. The number of pyridine rings is 1. The van der Waals surface area contributed by atoms with Gasteiger partial charge in [-0.2, -0.15) is 0 Å². The third kappa shape index (κ3) is 3.44.